The van der Waals surface area contributed by atoms with Crippen molar-refractivity contribution in [3.05, 3.63) is 38.9 Å². The van der Waals surface area contributed by atoms with Crippen molar-refractivity contribution >= 4 is 27.6 Å². The number of nitro groups is 1. The van der Waals surface area contributed by atoms with Crippen LogP contribution in [-0.2, 0) is 6.54 Å². The first-order valence-electron chi connectivity index (χ1n) is 4.51. The fourth-order valence-corrected chi connectivity index (χ4v) is 1.59. The molecule has 0 amide bonds. The zero-order chi connectivity index (χ0) is 12.4. The number of nitrogens with two attached hydrogens (primary N) is 1. The van der Waals surface area contributed by atoms with Crippen LogP contribution in [0.4, 0.5) is 11.6 Å². The van der Waals surface area contributed by atoms with E-state index in [0.29, 0.717) is 11.4 Å². The maximum atomic E-state index is 10.5. The summed E-state index contributed by atoms with van der Waals surface area (Å²) in [7, 11) is 0. The quantitative estimate of drug-likeness (QED) is 0.667. The Bertz CT molecular complexity index is 569. The van der Waals surface area contributed by atoms with Crippen molar-refractivity contribution in [3.63, 3.8) is 0 Å². The Balaban J connectivity index is 2.27. The van der Waals surface area contributed by atoms with Gasteiger partial charge in [0.15, 0.2) is 0 Å². The summed E-state index contributed by atoms with van der Waals surface area (Å²) in [6.07, 6.45) is 1.56. The van der Waals surface area contributed by atoms with Crippen LogP contribution < -0.4 is 5.73 Å². The predicted molar refractivity (Wildman–Crippen MR) is 62.1 cm³/mol. The van der Waals surface area contributed by atoms with E-state index in [1.807, 2.05) is 0 Å². The van der Waals surface area contributed by atoms with Crippen molar-refractivity contribution < 1.29 is 4.92 Å². The molecule has 8 nitrogen and oxygen atoms in total. The summed E-state index contributed by atoms with van der Waals surface area (Å²) in [4.78, 5) is 17.5. The zero-order valence-electron chi connectivity index (χ0n) is 8.45. The summed E-state index contributed by atoms with van der Waals surface area (Å²) < 4.78 is 1.60. The predicted octanol–water partition coefficient (Wildman–Crippen LogP) is 0.974. The van der Waals surface area contributed by atoms with Gasteiger partial charge in [-0.3, -0.25) is 4.98 Å². The van der Waals surface area contributed by atoms with E-state index in [2.05, 4.69) is 31.0 Å². The third-order valence-electron chi connectivity index (χ3n) is 1.93. The molecule has 0 aliphatic rings. The van der Waals surface area contributed by atoms with Crippen molar-refractivity contribution in [3.8, 4) is 0 Å². The smallest absolute Gasteiger partial charge is 0.399 e. The van der Waals surface area contributed by atoms with Crippen LogP contribution in [0.5, 0.6) is 0 Å². The number of anilines is 1. The highest BCUT2D eigenvalue weighted by atomic mass is 79.9. The highest BCUT2D eigenvalue weighted by molar-refractivity contribution is 9.10. The lowest BCUT2D eigenvalue weighted by Crippen LogP contribution is -2.05. The fraction of sp³-hybridized carbons (Fsp3) is 0.125. The Hall–Kier alpha value is -2.03. The highest BCUT2D eigenvalue weighted by Gasteiger charge is 2.19. The number of rotatable bonds is 3. The number of hydrogen-bond donors (Lipinski definition) is 1. The Kier molecular flexibility index (Phi) is 3.00. The Morgan fingerprint density at radius 3 is 2.94 bits per heavy atom. The molecule has 88 valence electrons. The highest BCUT2D eigenvalue weighted by Crippen LogP contribution is 2.14. The number of halogens is 1. The minimum atomic E-state index is -0.659. The molecule has 0 unspecified atom stereocenters. The first-order chi connectivity index (χ1) is 8.06. The van der Waals surface area contributed by atoms with Crippen LogP contribution in [0, 0.1) is 10.1 Å². The van der Waals surface area contributed by atoms with Crippen molar-refractivity contribution in [1.82, 2.24) is 19.7 Å². The van der Waals surface area contributed by atoms with Crippen LogP contribution in [0.2, 0.25) is 0 Å². The first kappa shape index (κ1) is 11.5. The van der Waals surface area contributed by atoms with E-state index < -0.39 is 10.9 Å². The van der Waals surface area contributed by atoms with Crippen LogP contribution in [0.3, 0.4) is 0 Å². The summed E-state index contributed by atoms with van der Waals surface area (Å²) in [5.41, 5.74) is 6.81. The molecule has 0 saturated carbocycles. The average molecular weight is 299 g/mol. The first-order valence-corrected chi connectivity index (χ1v) is 5.30. The summed E-state index contributed by atoms with van der Waals surface area (Å²) >= 11 is 3.09. The molecule has 0 aromatic carbocycles. The van der Waals surface area contributed by atoms with Crippen LogP contribution in [0.1, 0.15) is 5.69 Å². The lowest BCUT2D eigenvalue weighted by molar-refractivity contribution is -0.394. The molecule has 17 heavy (non-hydrogen) atoms. The number of pyridine rings is 1. The topological polar surface area (TPSA) is 113 Å². The van der Waals surface area contributed by atoms with Gasteiger partial charge in [-0.2, -0.15) is 4.68 Å². The van der Waals surface area contributed by atoms with Gasteiger partial charge in [0.05, 0.1) is 5.69 Å². The maximum Gasteiger partial charge on any atom is 0.492 e. The fourth-order valence-electron chi connectivity index (χ4n) is 1.23. The van der Waals surface area contributed by atoms with Gasteiger partial charge in [0.1, 0.15) is 6.54 Å². The third-order valence-corrected chi connectivity index (χ3v) is 2.52. The number of nitrogens with zero attached hydrogens (tertiary/aromatic N) is 5. The van der Waals surface area contributed by atoms with E-state index in [1.54, 1.807) is 18.3 Å². The molecule has 0 spiro atoms. The Morgan fingerprint density at radius 1 is 1.59 bits per heavy atom. The summed E-state index contributed by atoms with van der Waals surface area (Å²) in [6, 6.07) is 3.32. The van der Waals surface area contributed by atoms with E-state index in [4.69, 9.17) is 5.73 Å². The molecule has 0 saturated heterocycles. The molecule has 0 atom stereocenters. The molecule has 9 heteroatoms. The van der Waals surface area contributed by atoms with Gasteiger partial charge < -0.3 is 15.8 Å². The zero-order valence-corrected chi connectivity index (χ0v) is 10.0. The minimum Gasteiger partial charge on any atom is -0.399 e. The molecule has 0 fully saturated rings. The van der Waals surface area contributed by atoms with Gasteiger partial charge in [0.25, 0.3) is 4.73 Å². The molecule has 0 radical (unpaired) electrons. The molecule has 2 rings (SSSR count). The maximum absolute atomic E-state index is 10.5. The SMILES string of the molecule is Nc1ccnc(Cn2nc([N+](=O)[O-])nc2Br)c1. The molecule has 0 aliphatic carbocycles. The molecule has 2 aromatic rings. The van der Waals surface area contributed by atoms with E-state index >= 15 is 0 Å². The molecule has 0 bridgehead atoms. The van der Waals surface area contributed by atoms with Crippen molar-refractivity contribution in [1.29, 1.82) is 0 Å². The lowest BCUT2D eigenvalue weighted by atomic mass is 10.3. The lowest BCUT2D eigenvalue weighted by Gasteiger charge is -1.99. The molecule has 2 N–H and O–H groups in total. The van der Waals surface area contributed by atoms with Gasteiger partial charge in [-0.1, -0.05) is 0 Å². The van der Waals surface area contributed by atoms with Crippen LogP contribution >= 0.6 is 15.9 Å². The Morgan fingerprint density at radius 2 is 2.35 bits per heavy atom. The van der Waals surface area contributed by atoms with Gasteiger partial charge in [-0.25, -0.2) is 0 Å². The van der Waals surface area contributed by atoms with E-state index in [0.717, 1.165) is 0 Å². The van der Waals surface area contributed by atoms with Crippen molar-refractivity contribution in [2.75, 3.05) is 5.73 Å². The molecular weight excluding hydrogens is 292 g/mol. The second-order valence-corrected chi connectivity index (χ2v) is 3.89. The summed E-state index contributed by atoms with van der Waals surface area (Å²) in [5, 5.41) is 14.2. The number of aromatic nitrogens is 4. The Labute approximate surface area is 104 Å². The second-order valence-electron chi connectivity index (χ2n) is 3.18. The van der Waals surface area contributed by atoms with Crippen LogP contribution in [0.15, 0.2) is 23.1 Å². The summed E-state index contributed by atoms with van der Waals surface area (Å²) in [6.45, 7) is 0.256. The molecule has 0 aliphatic heterocycles. The average Bonchev–Trinajstić information content (AvgIpc) is 2.61. The largest absolute Gasteiger partial charge is 0.492 e. The molecule has 2 heterocycles. The van der Waals surface area contributed by atoms with Crippen molar-refractivity contribution in [2.24, 2.45) is 0 Å². The van der Waals surface area contributed by atoms with E-state index in [1.165, 1.54) is 4.68 Å². The van der Waals surface area contributed by atoms with Gasteiger partial charge in [-0.05, 0) is 22.0 Å². The molecular formula is C8H7BrN6O2. The van der Waals surface area contributed by atoms with E-state index in [9.17, 15) is 10.1 Å². The minimum absolute atomic E-state index is 0.256. The number of nitrogen functional groups attached to an aromatic ring is 1. The van der Waals surface area contributed by atoms with Crippen LogP contribution in [-0.4, -0.2) is 24.7 Å². The van der Waals surface area contributed by atoms with Crippen LogP contribution in [0.25, 0.3) is 0 Å². The standard InChI is InChI=1S/C8H7BrN6O2/c9-7-12-8(15(16)17)13-14(7)4-6-3-5(10)1-2-11-6/h1-3H,4H2,(H2,10,11). The van der Waals surface area contributed by atoms with Gasteiger partial charge in [0, 0.05) is 32.9 Å². The van der Waals surface area contributed by atoms with Gasteiger partial charge in [-0.15, -0.1) is 0 Å². The summed E-state index contributed by atoms with van der Waals surface area (Å²) in [5.74, 6) is -0.458. The number of hydrogen-bond acceptors (Lipinski definition) is 6. The monoisotopic (exact) mass is 298 g/mol. The normalized spacial score (nSPS) is 10.4. The second kappa shape index (κ2) is 4.45. The van der Waals surface area contributed by atoms with Gasteiger partial charge >= 0.3 is 5.95 Å². The van der Waals surface area contributed by atoms with E-state index in [-0.39, 0.29) is 11.3 Å². The van der Waals surface area contributed by atoms with Crippen molar-refractivity contribution in [2.45, 2.75) is 6.54 Å². The molecule has 2 aromatic heterocycles. The van der Waals surface area contributed by atoms with Gasteiger partial charge in [0.2, 0.25) is 0 Å². The third kappa shape index (κ3) is 2.56.